The molecule has 13 heteroatoms. The van der Waals surface area contributed by atoms with Gasteiger partial charge in [-0.25, -0.2) is 18.6 Å². The molecule has 38 heavy (non-hydrogen) atoms. The van der Waals surface area contributed by atoms with E-state index in [0.717, 1.165) is 17.8 Å². The van der Waals surface area contributed by atoms with Gasteiger partial charge in [-0.1, -0.05) is 6.92 Å². The molecule has 1 aliphatic heterocycles. The number of ether oxygens (including phenoxy) is 1. The number of carbonyl (C=O) groups is 1. The van der Waals surface area contributed by atoms with Crippen LogP contribution in [0.25, 0.3) is 16.8 Å². The number of carbonyl (C=O) groups excluding carboxylic acids is 1. The average Bonchev–Trinajstić information content (AvgIpc) is 3.27. The van der Waals surface area contributed by atoms with Gasteiger partial charge in [-0.2, -0.15) is 9.61 Å². The summed E-state index contributed by atoms with van der Waals surface area (Å²) in [5.74, 6) is -2.07. The number of nitrogens with zero attached hydrogens (tertiary/aromatic N) is 5. The highest BCUT2D eigenvalue weighted by molar-refractivity contribution is 5.74. The lowest BCUT2D eigenvalue weighted by molar-refractivity contribution is 0.156. The number of imidazole rings is 1. The first-order chi connectivity index (χ1) is 18.2. The number of piperidine rings is 1. The quantitative estimate of drug-likeness (QED) is 0.310. The number of fused-ring (bicyclic) bond motifs is 1. The summed E-state index contributed by atoms with van der Waals surface area (Å²) in [7, 11) is 1.31. The van der Waals surface area contributed by atoms with E-state index < -0.39 is 23.5 Å². The second kappa shape index (κ2) is 10.1. The highest BCUT2D eigenvalue weighted by atomic mass is 19.1. The van der Waals surface area contributed by atoms with Gasteiger partial charge in [0.1, 0.15) is 17.4 Å². The number of anilines is 3. The molecule has 3 aromatic heterocycles. The summed E-state index contributed by atoms with van der Waals surface area (Å²) >= 11 is 0. The number of nitrogens with one attached hydrogen (secondary N) is 2. The largest absolute Gasteiger partial charge is 0.508 e. The molecule has 1 aromatic carbocycles. The van der Waals surface area contributed by atoms with Crippen molar-refractivity contribution in [3.8, 4) is 17.0 Å². The Morgan fingerprint density at radius 3 is 2.66 bits per heavy atom. The first-order valence-electron chi connectivity index (χ1n) is 11.8. The molecule has 0 bridgehead atoms. The molecule has 1 amide bonds. The smallest absolute Gasteiger partial charge is 0.407 e. The number of nitrogens with two attached hydrogens (primary N) is 1. The lowest BCUT2D eigenvalue weighted by Gasteiger charge is -2.42. The maximum Gasteiger partial charge on any atom is 0.407 e. The highest BCUT2D eigenvalue weighted by Crippen LogP contribution is 2.32. The topological polar surface area (TPSA) is 143 Å². The van der Waals surface area contributed by atoms with E-state index in [2.05, 4.69) is 30.6 Å². The molecule has 1 fully saturated rings. The molecule has 0 spiro atoms. The van der Waals surface area contributed by atoms with Crippen molar-refractivity contribution in [2.24, 2.45) is 11.7 Å². The van der Waals surface area contributed by atoms with Gasteiger partial charge in [0.05, 0.1) is 53.7 Å². The van der Waals surface area contributed by atoms with Crippen molar-refractivity contribution in [2.45, 2.75) is 19.0 Å². The van der Waals surface area contributed by atoms with E-state index in [1.807, 2.05) is 13.0 Å². The fourth-order valence-corrected chi connectivity index (χ4v) is 4.75. The molecule has 0 unspecified atom stereocenters. The monoisotopic (exact) mass is 524 g/mol. The molecule has 1 aliphatic rings. The number of aromatic hydroxyl groups is 1. The summed E-state index contributed by atoms with van der Waals surface area (Å²) in [5.41, 5.74) is 8.10. The van der Waals surface area contributed by atoms with Crippen LogP contribution in [0.3, 0.4) is 0 Å². The number of methoxy groups -OCH3 is 1. The third-order valence-corrected chi connectivity index (χ3v) is 6.54. The highest BCUT2D eigenvalue weighted by Gasteiger charge is 2.34. The first kappa shape index (κ1) is 25.1. The Kier molecular flexibility index (Phi) is 6.68. The summed E-state index contributed by atoms with van der Waals surface area (Å²) in [4.78, 5) is 22.4. The second-order valence-corrected chi connectivity index (χ2v) is 9.15. The summed E-state index contributed by atoms with van der Waals surface area (Å²) in [6, 6.07) is 6.00. The number of hydrogen-bond acceptors (Lipinski definition) is 9. The number of alkyl carbamates (subject to hydrolysis) is 1. The SMILES string of the molecule is COC(=O)N[C@@H]1[C@H](N)CN(c2ccncc2Nc2ncc3ccc(-c4c(F)cc(O)cc4F)nn23)C[C@@H]1C. The fraction of sp³-hybridized carbons (Fsp3) is 0.280. The second-order valence-electron chi connectivity index (χ2n) is 9.15. The van der Waals surface area contributed by atoms with Crippen LogP contribution in [0.2, 0.25) is 0 Å². The molecule has 4 aromatic rings. The maximum absolute atomic E-state index is 14.5. The number of phenolic OH excluding ortho intramolecular Hbond substituents is 1. The molecule has 4 heterocycles. The van der Waals surface area contributed by atoms with E-state index in [9.17, 15) is 18.7 Å². The van der Waals surface area contributed by atoms with Crippen LogP contribution in [0, 0.1) is 17.6 Å². The van der Waals surface area contributed by atoms with Crippen LogP contribution in [0.4, 0.5) is 30.9 Å². The molecule has 198 valence electrons. The van der Waals surface area contributed by atoms with Crippen molar-refractivity contribution in [1.29, 1.82) is 0 Å². The summed E-state index contributed by atoms with van der Waals surface area (Å²) in [6.45, 7) is 3.06. The van der Waals surface area contributed by atoms with Gasteiger partial charge in [-0.15, -0.1) is 0 Å². The zero-order valence-electron chi connectivity index (χ0n) is 20.6. The van der Waals surface area contributed by atoms with Gasteiger partial charge in [0.25, 0.3) is 0 Å². The number of amides is 1. The van der Waals surface area contributed by atoms with E-state index >= 15 is 0 Å². The minimum atomic E-state index is -0.936. The molecular formula is C25H26F2N8O3. The van der Waals surface area contributed by atoms with Crippen LogP contribution < -0.4 is 21.3 Å². The van der Waals surface area contributed by atoms with Crippen molar-refractivity contribution in [3.05, 3.63) is 60.6 Å². The van der Waals surface area contributed by atoms with E-state index in [1.54, 1.807) is 24.7 Å². The standard InChI is InChI=1S/C25H26F2N8O3/c1-13-11-34(12-18(28)23(13)32-25(37)38-2)21-5-6-29-10-20(21)31-24-30-9-14-3-4-19(33-35(14)24)22-16(26)7-15(36)8-17(22)27/h3-10,13,18,23,36H,11-12,28H2,1-2H3,(H,30,31)(H,32,37)/t13-,18+,23-/m0/s1. The molecule has 0 saturated carbocycles. The van der Waals surface area contributed by atoms with Gasteiger partial charge in [-0.05, 0) is 24.1 Å². The van der Waals surface area contributed by atoms with Gasteiger partial charge in [-0.3, -0.25) is 4.98 Å². The number of rotatable bonds is 5. The Balaban J connectivity index is 1.44. The van der Waals surface area contributed by atoms with E-state index in [0.29, 0.717) is 30.2 Å². The van der Waals surface area contributed by atoms with Crippen LogP contribution in [0.1, 0.15) is 6.92 Å². The number of hydrogen-bond donors (Lipinski definition) is 4. The number of benzene rings is 1. The van der Waals surface area contributed by atoms with Crippen LogP contribution in [-0.4, -0.2) is 63.1 Å². The Morgan fingerprint density at radius 1 is 1.18 bits per heavy atom. The van der Waals surface area contributed by atoms with Crippen molar-refractivity contribution < 1.29 is 23.4 Å². The number of pyridine rings is 1. The number of phenols is 1. The Labute approximate surface area is 216 Å². The van der Waals surface area contributed by atoms with Crippen molar-refractivity contribution in [3.63, 3.8) is 0 Å². The van der Waals surface area contributed by atoms with Gasteiger partial charge in [0.2, 0.25) is 5.95 Å². The minimum absolute atomic E-state index is 0.0189. The predicted molar refractivity (Wildman–Crippen MR) is 136 cm³/mol. The normalized spacial score (nSPS) is 19.4. The van der Waals surface area contributed by atoms with E-state index in [1.165, 1.54) is 17.7 Å². The molecule has 0 aliphatic carbocycles. The van der Waals surface area contributed by atoms with E-state index in [-0.39, 0.29) is 29.3 Å². The summed E-state index contributed by atoms with van der Waals surface area (Å²) in [6.07, 6.45) is 4.34. The fourth-order valence-electron chi connectivity index (χ4n) is 4.75. The van der Waals surface area contributed by atoms with Gasteiger partial charge < -0.3 is 31.1 Å². The summed E-state index contributed by atoms with van der Waals surface area (Å²) in [5, 5.41) is 19.9. The van der Waals surface area contributed by atoms with Gasteiger partial charge in [0, 0.05) is 37.5 Å². The van der Waals surface area contributed by atoms with Crippen LogP contribution in [0.5, 0.6) is 5.75 Å². The lowest BCUT2D eigenvalue weighted by atomic mass is 9.90. The maximum atomic E-state index is 14.5. The minimum Gasteiger partial charge on any atom is -0.508 e. The van der Waals surface area contributed by atoms with Crippen molar-refractivity contribution in [1.82, 2.24) is 24.9 Å². The number of aromatic nitrogens is 4. The Morgan fingerprint density at radius 2 is 1.95 bits per heavy atom. The first-order valence-corrected chi connectivity index (χ1v) is 11.8. The molecule has 3 atom stereocenters. The zero-order valence-corrected chi connectivity index (χ0v) is 20.6. The average molecular weight is 525 g/mol. The lowest BCUT2D eigenvalue weighted by Crippen LogP contribution is -2.62. The van der Waals surface area contributed by atoms with Crippen LogP contribution in [-0.2, 0) is 4.74 Å². The van der Waals surface area contributed by atoms with Crippen LogP contribution in [0.15, 0.2) is 48.9 Å². The van der Waals surface area contributed by atoms with Crippen molar-refractivity contribution in [2.75, 3.05) is 30.4 Å². The third kappa shape index (κ3) is 4.75. The molecular weight excluding hydrogens is 498 g/mol. The van der Waals surface area contributed by atoms with Crippen molar-refractivity contribution >= 4 is 28.9 Å². The Bertz CT molecular complexity index is 1460. The molecule has 5 N–H and O–H groups in total. The molecule has 5 rings (SSSR count). The Hall–Kier alpha value is -4.52. The van der Waals surface area contributed by atoms with Crippen LogP contribution >= 0.6 is 0 Å². The zero-order chi connectivity index (χ0) is 27.0. The summed E-state index contributed by atoms with van der Waals surface area (Å²) < 4.78 is 35.1. The number of halogens is 2. The van der Waals surface area contributed by atoms with E-state index in [4.69, 9.17) is 10.5 Å². The molecule has 11 nitrogen and oxygen atoms in total. The molecule has 0 radical (unpaired) electrons. The van der Waals surface area contributed by atoms with Gasteiger partial charge in [0.15, 0.2) is 0 Å². The predicted octanol–water partition coefficient (Wildman–Crippen LogP) is 3.03. The third-order valence-electron chi connectivity index (χ3n) is 6.54. The molecule has 1 saturated heterocycles. The van der Waals surface area contributed by atoms with Gasteiger partial charge >= 0.3 is 6.09 Å².